The van der Waals surface area contributed by atoms with Gasteiger partial charge in [0, 0.05) is 12.4 Å². The normalized spacial score (nSPS) is 11.9. The Labute approximate surface area is 101 Å². The van der Waals surface area contributed by atoms with Crippen LogP contribution in [0.4, 0.5) is 0 Å². The fraction of sp³-hybridized carbons (Fsp3) is 0.417. The summed E-state index contributed by atoms with van der Waals surface area (Å²) in [4.78, 5) is 11.5. The monoisotopic (exact) mass is 241 g/mol. The van der Waals surface area contributed by atoms with Crippen molar-refractivity contribution in [3.05, 3.63) is 30.3 Å². The molecule has 88 valence electrons. The Kier molecular flexibility index (Phi) is 5.72. The molecular formula is C12H16ClNO2. The topological polar surface area (TPSA) is 38.3 Å². The summed E-state index contributed by atoms with van der Waals surface area (Å²) >= 11 is 5.51. The second kappa shape index (κ2) is 7.12. The fourth-order valence-electron chi connectivity index (χ4n) is 1.18. The summed E-state index contributed by atoms with van der Waals surface area (Å²) in [6.45, 7) is 2.31. The molecule has 0 heterocycles. The number of rotatable bonds is 6. The molecule has 1 amide bonds. The molecule has 1 aromatic carbocycles. The Morgan fingerprint density at radius 3 is 2.75 bits per heavy atom. The van der Waals surface area contributed by atoms with Gasteiger partial charge in [-0.15, -0.1) is 11.6 Å². The van der Waals surface area contributed by atoms with E-state index in [0.29, 0.717) is 18.2 Å². The van der Waals surface area contributed by atoms with Crippen molar-refractivity contribution in [1.82, 2.24) is 5.32 Å². The zero-order valence-electron chi connectivity index (χ0n) is 9.28. The van der Waals surface area contributed by atoms with E-state index in [1.54, 1.807) is 6.92 Å². The molecule has 1 unspecified atom stereocenters. The number of halogens is 1. The van der Waals surface area contributed by atoms with E-state index in [1.165, 1.54) is 0 Å². The van der Waals surface area contributed by atoms with Crippen molar-refractivity contribution in [2.24, 2.45) is 0 Å². The predicted octanol–water partition coefficient (Wildman–Crippen LogP) is 2.20. The highest BCUT2D eigenvalue weighted by Gasteiger charge is 2.13. The van der Waals surface area contributed by atoms with Crippen molar-refractivity contribution in [1.29, 1.82) is 0 Å². The average molecular weight is 242 g/mol. The van der Waals surface area contributed by atoms with Gasteiger partial charge >= 0.3 is 0 Å². The maximum atomic E-state index is 11.5. The van der Waals surface area contributed by atoms with Crippen molar-refractivity contribution in [2.45, 2.75) is 19.4 Å². The van der Waals surface area contributed by atoms with Crippen molar-refractivity contribution in [3.63, 3.8) is 0 Å². The lowest BCUT2D eigenvalue weighted by Crippen LogP contribution is -2.36. The second-order valence-corrected chi connectivity index (χ2v) is 3.78. The molecule has 1 aromatic rings. The minimum atomic E-state index is -0.488. The number of carbonyl (C=O) groups excluding carboxylic acids is 1. The van der Waals surface area contributed by atoms with Gasteiger partial charge in [0.1, 0.15) is 5.75 Å². The van der Waals surface area contributed by atoms with Crippen molar-refractivity contribution < 1.29 is 9.53 Å². The first kappa shape index (κ1) is 12.8. The van der Waals surface area contributed by atoms with E-state index in [2.05, 4.69) is 5.32 Å². The molecule has 0 spiro atoms. The molecule has 0 aromatic heterocycles. The van der Waals surface area contributed by atoms with Gasteiger partial charge in [0.15, 0.2) is 6.10 Å². The Hall–Kier alpha value is -1.22. The van der Waals surface area contributed by atoms with Gasteiger partial charge in [0.05, 0.1) is 0 Å². The Morgan fingerprint density at radius 1 is 1.44 bits per heavy atom. The summed E-state index contributed by atoms with van der Waals surface area (Å²) in [6.07, 6.45) is 0.281. The number of hydrogen-bond donors (Lipinski definition) is 1. The van der Waals surface area contributed by atoms with Crippen LogP contribution in [-0.2, 0) is 4.79 Å². The van der Waals surface area contributed by atoms with Gasteiger partial charge in [-0.3, -0.25) is 4.79 Å². The van der Waals surface area contributed by atoms with Crippen molar-refractivity contribution in [3.8, 4) is 5.75 Å². The smallest absolute Gasteiger partial charge is 0.260 e. The molecule has 0 saturated heterocycles. The molecule has 0 aliphatic rings. The number of para-hydroxylation sites is 1. The van der Waals surface area contributed by atoms with Crippen LogP contribution in [0.3, 0.4) is 0 Å². The largest absolute Gasteiger partial charge is 0.481 e. The first-order valence-corrected chi connectivity index (χ1v) is 5.83. The van der Waals surface area contributed by atoms with Gasteiger partial charge in [-0.05, 0) is 25.5 Å². The summed E-state index contributed by atoms with van der Waals surface area (Å²) in [5.74, 6) is 1.13. The Bertz CT molecular complexity index is 316. The Balaban J connectivity index is 2.34. The Morgan fingerprint density at radius 2 is 2.12 bits per heavy atom. The van der Waals surface area contributed by atoms with Crippen molar-refractivity contribution >= 4 is 17.5 Å². The molecule has 1 rings (SSSR count). The molecule has 1 N–H and O–H groups in total. The average Bonchev–Trinajstić information content (AvgIpc) is 2.30. The second-order valence-electron chi connectivity index (χ2n) is 3.41. The first-order valence-electron chi connectivity index (χ1n) is 5.29. The van der Waals surface area contributed by atoms with E-state index in [4.69, 9.17) is 16.3 Å². The van der Waals surface area contributed by atoms with E-state index < -0.39 is 6.10 Å². The maximum Gasteiger partial charge on any atom is 0.260 e. The van der Waals surface area contributed by atoms with Crippen LogP contribution in [0.1, 0.15) is 13.3 Å². The highest BCUT2D eigenvalue weighted by atomic mass is 35.5. The van der Waals surface area contributed by atoms with E-state index in [9.17, 15) is 4.79 Å². The maximum absolute atomic E-state index is 11.5. The predicted molar refractivity (Wildman–Crippen MR) is 64.9 cm³/mol. The third kappa shape index (κ3) is 4.53. The standard InChI is InChI=1S/C12H16ClNO2/c1-10(12(15)14-9-5-8-13)16-11-6-3-2-4-7-11/h2-4,6-7,10H,5,8-9H2,1H3,(H,14,15). The van der Waals surface area contributed by atoms with Crippen LogP contribution < -0.4 is 10.1 Å². The molecule has 4 heteroatoms. The van der Waals surface area contributed by atoms with Crippen LogP contribution in [0.15, 0.2) is 30.3 Å². The van der Waals surface area contributed by atoms with E-state index in [-0.39, 0.29) is 5.91 Å². The van der Waals surface area contributed by atoms with Crippen LogP contribution in [0, 0.1) is 0 Å². The molecular weight excluding hydrogens is 226 g/mol. The zero-order valence-corrected chi connectivity index (χ0v) is 10.0. The molecule has 0 saturated carbocycles. The van der Waals surface area contributed by atoms with Gasteiger partial charge in [0.2, 0.25) is 0 Å². The lowest BCUT2D eigenvalue weighted by atomic mass is 10.3. The van der Waals surface area contributed by atoms with Gasteiger partial charge in [-0.25, -0.2) is 0 Å². The van der Waals surface area contributed by atoms with Crippen LogP contribution in [0.2, 0.25) is 0 Å². The van der Waals surface area contributed by atoms with E-state index >= 15 is 0 Å². The quantitative estimate of drug-likeness (QED) is 0.613. The number of benzene rings is 1. The van der Waals surface area contributed by atoms with Gasteiger partial charge in [-0.1, -0.05) is 18.2 Å². The number of carbonyl (C=O) groups is 1. The number of ether oxygens (including phenoxy) is 1. The van der Waals surface area contributed by atoms with Crippen LogP contribution in [0.5, 0.6) is 5.75 Å². The number of alkyl halides is 1. The summed E-state index contributed by atoms with van der Waals surface area (Å²) < 4.78 is 5.46. The summed E-state index contributed by atoms with van der Waals surface area (Å²) in [5, 5.41) is 2.76. The van der Waals surface area contributed by atoms with Gasteiger partial charge in [0.25, 0.3) is 5.91 Å². The number of nitrogens with one attached hydrogen (secondary N) is 1. The molecule has 0 aliphatic carbocycles. The molecule has 0 radical (unpaired) electrons. The zero-order chi connectivity index (χ0) is 11.8. The highest BCUT2D eigenvalue weighted by molar-refractivity contribution is 6.17. The SMILES string of the molecule is CC(Oc1ccccc1)C(=O)NCCCCl. The molecule has 1 atom stereocenters. The number of hydrogen-bond acceptors (Lipinski definition) is 2. The van der Waals surface area contributed by atoms with Crippen LogP contribution in [-0.4, -0.2) is 24.4 Å². The first-order chi connectivity index (χ1) is 7.74. The fourth-order valence-corrected chi connectivity index (χ4v) is 1.31. The minimum Gasteiger partial charge on any atom is -0.481 e. The summed E-state index contributed by atoms with van der Waals surface area (Å²) in [6, 6.07) is 9.28. The molecule has 0 fully saturated rings. The van der Waals surface area contributed by atoms with Crippen LogP contribution >= 0.6 is 11.6 Å². The van der Waals surface area contributed by atoms with E-state index in [0.717, 1.165) is 6.42 Å². The van der Waals surface area contributed by atoms with Gasteiger partial charge < -0.3 is 10.1 Å². The molecule has 0 bridgehead atoms. The molecule has 0 aliphatic heterocycles. The third-order valence-electron chi connectivity index (χ3n) is 2.03. The number of amides is 1. The highest BCUT2D eigenvalue weighted by Crippen LogP contribution is 2.10. The third-order valence-corrected chi connectivity index (χ3v) is 2.30. The minimum absolute atomic E-state index is 0.117. The molecule has 16 heavy (non-hydrogen) atoms. The van der Waals surface area contributed by atoms with E-state index in [1.807, 2.05) is 30.3 Å². The summed E-state index contributed by atoms with van der Waals surface area (Å²) in [7, 11) is 0. The summed E-state index contributed by atoms with van der Waals surface area (Å²) in [5.41, 5.74) is 0. The lowest BCUT2D eigenvalue weighted by Gasteiger charge is -2.14. The van der Waals surface area contributed by atoms with Gasteiger partial charge in [-0.2, -0.15) is 0 Å². The van der Waals surface area contributed by atoms with Crippen molar-refractivity contribution in [2.75, 3.05) is 12.4 Å². The van der Waals surface area contributed by atoms with Crippen LogP contribution in [0.25, 0.3) is 0 Å². The lowest BCUT2D eigenvalue weighted by molar-refractivity contribution is -0.127. The molecule has 3 nitrogen and oxygen atoms in total.